The number of benzene rings is 1. The number of nitrogens with two attached hydrogens (primary N) is 2. The molecule has 1 aliphatic heterocycles. The lowest BCUT2D eigenvalue weighted by atomic mass is 9.85. The van der Waals surface area contributed by atoms with E-state index in [1.54, 1.807) is 6.07 Å². The molecule has 0 saturated carbocycles. The van der Waals surface area contributed by atoms with Crippen molar-refractivity contribution in [3.63, 3.8) is 0 Å². The lowest BCUT2D eigenvalue weighted by Gasteiger charge is -2.27. The number of nitrogens with zero attached hydrogens (tertiary/aromatic N) is 1. The second-order valence-electron chi connectivity index (χ2n) is 6.29. The van der Waals surface area contributed by atoms with Crippen LogP contribution < -0.4 is 11.5 Å². The lowest BCUT2D eigenvalue weighted by molar-refractivity contribution is -0.127. The van der Waals surface area contributed by atoms with Gasteiger partial charge >= 0.3 is 0 Å². The Morgan fingerprint density at radius 1 is 1.24 bits per heavy atom. The van der Waals surface area contributed by atoms with E-state index in [4.69, 9.17) is 11.5 Å². The summed E-state index contributed by atoms with van der Waals surface area (Å²) in [4.78, 5) is 37.4. The molecule has 1 aromatic rings. The third kappa shape index (κ3) is 2.54. The number of fused-ring (bicyclic) bond motifs is 1. The Morgan fingerprint density at radius 3 is 2.38 bits per heavy atom. The zero-order valence-electron chi connectivity index (χ0n) is 12.3. The molecule has 6 nitrogen and oxygen atoms in total. The molecule has 1 heterocycles. The summed E-state index contributed by atoms with van der Waals surface area (Å²) in [6.45, 7) is 5.68. The third-order valence-electron chi connectivity index (χ3n) is 3.70. The van der Waals surface area contributed by atoms with E-state index in [9.17, 15) is 14.4 Å². The van der Waals surface area contributed by atoms with Gasteiger partial charge in [0.1, 0.15) is 0 Å². The number of hydrogen-bond donors (Lipinski definition) is 2. The Hall–Kier alpha value is -2.21. The maximum absolute atomic E-state index is 12.3. The molecule has 0 spiro atoms. The van der Waals surface area contributed by atoms with Crippen molar-refractivity contribution in [3.8, 4) is 0 Å². The summed E-state index contributed by atoms with van der Waals surface area (Å²) in [5, 5.41) is 0. The van der Waals surface area contributed by atoms with Crippen LogP contribution in [0.1, 0.15) is 47.9 Å². The summed E-state index contributed by atoms with van der Waals surface area (Å²) in [6.07, 6.45) is -0.0745. The fraction of sp³-hybridized carbons (Fsp3) is 0.400. The maximum atomic E-state index is 12.3. The van der Waals surface area contributed by atoms with Crippen molar-refractivity contribution >= 4 is 23.4 Å². The van der Waals surface area contributed by atoms with Crippen molar-refractivity contribution in [2.45, 2.75) is 33.2 Å². The van der Waals surface area contributed by atoms with Gasteiger partial charge in [0.25, 0.3) is 11.8 Å². The second kappa shape index (κ2) is 4.96. The summed E-state index contributed by atoms with van der Waals surface area (Å²) in [6, 6.07) is 4.14. The third-order valence-corrected chi connectivity index (χ3v) is 3.70. The minimum atomic E-state index is -0.667. The van der Waals surface area contributed by atoms with E-state index in [0.717, 1.165) is 0 Å². The number of carbonyl (C=O) groups excluding carboxylic acids is 3. The van der Waals surface area contributed by atoms with Gasteiger partial charge in [-0.15, -0.1) is 0 Å². The predicted octanol–water partition coefficient (Wildman–Crippen LogP) is 1.15. The second-order valence-corrected chi connectivity index (χ2v) is 6.29. The molecular weight excluding hydrogens is 270 g/mol. The van der Waals surface area contributed by atoms with Crippen molar-refractivity contribution < 1.29 is 14.4 Å². The minimum Gasteiger partial charge on any atom is -0.398 e. The van der Waals surface area contributed by atoms with Gasteiger partial charge in [0.2, 0.25) is 5.91 Å². The molecule has 4 N–H and O–H groups in total. The molecule has 1 aromatic carbocycles. The highest BCUT2D eigenvalue weighted by Crippen LogP contribution is 2.29. The van der Waals surface area contributed by atoms with Crippen molar-refractivity contribution in [3.05, 3.63) is 29.3 Å². The Kier molecular flexibility index (Phi) is 3.59. The van der Waals surface area contributed by atoms with E-state index in [0.29, 0.717) is 4.90 Å². The first kappa shape index (κ1) is 15.2. The van der Waals surface area contributed by atoms with Crippen LogP contribution in [0.2, 0.25) is 0 Å². The molecule has 2 rings (SSSR count). The number of amides is 3. The molecule has 0 radical (unpaired) electrons. The zero-order chi connectivity index (χ0) is 15.9. The smallest absolute Gasteiger partial charge is 0.270 e. The summed E-state index contributed by atoms with van der Waals surface area (Å²) >= 11 is 0. The average Bonchev–Trinajstić information content (AvgIpc) is 2.61. The molecule has 21 heavy (non-hydrogen) atoms. The van der Waals surface area contributed by atoms with E-state index in [1.807, 2.05) is 20.8 Å². The van der Waals surface area contributed by atoms with Crippen molar-refractivity contribution in [2.24, 2.45) is 11.1 Å². The van der Waals surface area contributed by atoms with Crippen LogP contribution in [0, 0.1) is 5.41 Å². The number of carbonyl (C=O) groups is 3. The Balaban J connectivity index is 2.28. The molecule has 6 heteroatoms. The highest BCUT2D eigenvalue weighted by Gasteiger charge is 2.41. The van der Waals surface area contributed by atoms with Crippen LogP contribution in [0.15, 0.2) is 18.2 Å². The first-order valence-corrected chi connectivity index (χ1v) is 6.70. The van der Waals surface area contributed by atoms with Gasteiger partial charge in [-0.1, -0.05) is 26.8 Å². The van der Waals surface area contributed by atoms with Crippen LogP contribution in [0.4, 0.5) is 5.69 Å². The number of rotatable bonds is 2. The highest BCUT2D eigenvalue weighted by atomic mass is 16.2. The molecule has 0 saturated heterocycles. The molecule has 0 fully saturated rings. The van der Waals surface area contributed by atoms with E-state index in [1.165, 1.54) is 12.1 Å². The molecule has 1 atom stereocenters. The van der Waals surface area contributed by atoms with E-state index in [2.05, 4.69) is 0 Å². The van der Waals surface area contributed by atoms with Gasteiger partial charge in [-0.25, -0.2) is 4.90 Å². The zero-order valence-corrected chi connectivity index (χ0v) is 12.3. The Bertz CT molecular complexity index is 632. The van der Waals surface area contributed by atoms with Crippen molar-refractivity contribution in [1.29, 1.82) is 0 Å². The molecule has 1 aliphatic rings. The normalized spacial score (nSPS) is 16.1. The van der Waals surface area contributed by atoms with Crippen LogP contribution in [0.25, 0.3) is 0 Å². The standard InChI is InChI=1S/C15H19N3O3/c1-15(2,3)10(17)7-11(19)18-13(20)8-5-4-6-9(16)12(8)14(18)21/h4-6,10H,7,16-17H2,1-3H3. The summed E-state index contributed by atoms with van der Waals surface area (Å²) < 4.78 is 0. The molecular formula is C15H19N3O3. The van der Waals surface area contributed by atoms with Gasteiger partial charge in [-0.2, -0.15) is 0 Å². The molecule has 3 amide bonds. The summed E-state index contributed by atoms with van der Waals surface area (Å²) in [7, 11) is 0. The van der Waals surface area contributed by atoms with E-state index >= 15 is 0 Å². The van der Waals surface area contributed by atoms with Crippen LogP contribution in [-0.4, -0.2) is 28.7 Å². The van der Waals surface area contributed by atoms with Crippen molar-refractivity contribution in [1.82, 2.24) is 4.90 Å². The molecule has 0 aromatic heterocycles. The summed E-state index contributed by atoms with van der Waals surface area (Å²) in [5.74, 6) is -1.89. The van der Waals surface area contributed by atoms with Gasteiger partial charge in [0, 0.05) is 18.2 Å². The first-order valence-electron chi connectivity index (χ1n) is 6.70. The molecule has 1 unspecified atom stereocenters. The van der Waals surface area contributed by atoms with Gasteiger partial charge in [-0.3, -0.25) is 14.4 Å². The van der Waals surface area contributed by atoms with Crippen LogP contribution >= 0.6 is 0 Å². The van der Waals surface area contributed by atoms with Gasteiger partial charge in [0.15, 0.2) is 0 Å². The fourth-order valence-corrected chi connectivity index (χ4v) is 2.12. The largest absolute Gasteiger partial charge is 0.398 e. The SMILES string of the molecule is CC(C)(C)C(N)CC(=O)N1C(=O)c2cccc(N)c2C1=O. The number of hydrogen-bond acceptors (Lipinski definition) is 5. The molecule has 112 valence electrons. The fourth-order valence-electron chi connectivity index (χ4n) is 2.12. The minimum absolute atomic E-state index is 0.0745. The molecule has 0 aliphatic carbocycles. The number of anilines is 1. The van der Waals surface area contributed by atoms with E-state index < -0.39 is 23.8 Å². The topological polar surface area (TPSA) is 106 Å². The maximum Gasteiger partial charge on any atom is 0.270 e. The van der Waals surface area contributed by atoms with Crippen LogP contribution in [0.3, 0.4) is 0 Å². The predicted molar refractivity (Wildman–Crippen MR) is 78.4 cm³/mol. The van der Waals surface area contributed by atoms with E-state index in [-0.39, 0.29) is 28.7 Å². The van der Waals surface area contributed by atoms with Gasteiger partial charge in [-0.05, 0) is 17.5 Å². The van der Waals surface area contributed by atoms with Gasteiger partial charge < -0.3 is 11.5 Å². The highest BCUT2D eigenvalue weighted by molar-refractivity contribution is 6.30. The van der Waals surface area contributed by atoms with Crippen LogP contribution in [0.5, 0.6) is 0 Å². The average molecular weight is 289 g/mol. The number of imide groups is 3. The van der Waals surface area contributed by atoms with Crippen molar-refractivity contribution in [2.75, 3.05) is 5.73 Å². The molecule has 0 bridgehead atoms. The Labute approximate surface area is 123 Å². The first-order chi connectivity index (χ1) is 9.64. The Morgan fingerprint density at radius 2 is 1.86 bits per heavy atom. The lowest BCUT2D eigenvalue weighted by Crippen LogP contribution is -2.43. The quantitative estimate of drug-likeness (QED) is 0.627. The monoisotopic (exact) mass is 289 g/mol. The van der Waals surface area contributed by atoms with Gasteiger partial charge in [0.05, 0.1) is 11.1 Å². The number of nitrogen functional groups attached to an aromatic ring is 1. The summed E-state index contributed by atoms with van der Waals surface area (Å²) in [5.41, 5.74) is 11.8. The van der Waals surface area contributed by atoms with Crippen LogP contribution in [-0.2, 0) is 4.79 Å².